The van der Waals surface area contributed by atoms with Crippen molar-refractivity contribution in [3.8, 4) is 0 Å². The number of aliphatic hydroxyl groups is 1. The molecule has 0 aliphatic carbocycles. The summed E-state index contributed by atoms with van der Waals surface area (Å²) >= 11 is 9.56. The van der Waals surface area contributed by atoms with Gasteiger partial charge in [0.1, 0.15) is 0 Å². The molecule has 4 heteroatoms. The van der Waals surface area contributed by atoms with Crippen LogP contribution in [0.2, 0.25) is 5.02 Å². The highest BCUT2D eigenvalue weighted by Gasteiger charge is 2.43. The van der Waals surface area contributed by atoms with Gasteiger partial charge in [0.25, 0.3) is 0 Å². The molecule has 0 aliphatic rings. The van der Waals surface area contributed by atoms with Crippen LogP contribution in [0.25, 0.3) is 0 Å². The van der Waals surface area contributed by atoms with Gasteiger partial charge in [0.15, 0.2) is 0 Å². The second-order valence-corrected chi connectivity index (χ2v) is 6.14. The fourth-order valence-corrected chi connectivity index (χ4v) is 2.75. The van der Waals surface area contributed by atoms with Gasteiger partial charge in [-0.1, -0.05) is 47.4 Å². The molecule has 0 radical (unpaired) electrons. The third-order valence-corrected chi connectivity index (χ3v) is 4.67. The van der Waals surface area contributed by atoms with Crippen molar-refractivity contribution >= 4 is 27.5 Å². The predicted molar refractivity (Wildman–Crippen MR) is 76.2 cm³/mol. The van der Waals surface area contributed by atoms with E-state index in [2.05, 4.69) is 15.9 Å². The summed E-state index contributed by atoms with van der Waals surface area (Å²) in [4.78, 5) is 0. The van der Waals surface area contributed by atoms with Gasteiger partial charge in [-0.2, -0.15) is 0 Å². The monoisotopic (exact) mass is 319 g/mol. The summed E-state index contributed by atoms with van der Waals surface area (Å²) in [6.45, 7) is 6.18. The lowest BCUT2D eigenvalue weighted by atomic mass is 9.69. The first kappa shape index (κ1) is 15.0. The van der Waals surface area contributed by atoms with Crippen LogP contribution in [-0.4, -0.2) is 11.7 Å². The lowest BCUT2D eigenvalue weighted by Gasteiger charge is -2.42. The van der Waals surface area contributed by atoms with Crippen molar-refractivity contribution < 1.29 is 5.11 Å². The summed E-state index contributed by atoms with van der Waals surface area (Å²) < 4.78 is 0.896. The fraction of sp³-hybridized carbons (Fsp3) is 0.538. The molecule has 1 rings (SSSR count). The molecule has 2 nitrogen and oxygen atoms in total. The van der Waals surface area contributed by atoms with Gasteiger partial charge in [-0.15, -0.1) is 0 Å². The molecule has 0 fully saturated rings. The first-order valence-electron chi connectivity index (χ1n) is 5.66. The summed E-state index contributed by atoms with van der Waals surface area (Å²) in [5, 5.41) is 11.4. The van der Waals surface area contributed by atoms with Gasteiger partial charge in [-0.05, 0) is 25.5 Å². The van der Waals surface area contributed by atoms with E-state index in [1.54, 1.807) is 13.0 Å². The number of halogens is 2. The molecule has 0 aromatic heterocycles. The van der Waals surface area contributed by atoms with Crippen LogP contribution in [0.1, 0.15) is 32.8 Å². The molecule has 0 saturated carbocycles. The molecule has 2 unspecified atom stereocenters. The van der Waals surface area contributed by atoms with Crippen molar-refractivity contribution in [2.75, 3.05) is 6.54 Å². The van der Waals surface area contributed by atoms with Gasteiger partial charge in [0, 0.05) is 27.0 Å². The summed E-state index contributed by atoms with van der Waals surface area (Å²) in [7, 11) is 0. The Kier molecular flexibility index (Phi) is 4.64. The number of benzene rings is 1. The number of nitrogens with two attached hydrogens (primary N) is 1. The molecule has 0 spiro atoms. The molecule has 1 aromatic carbocycles. The van der Waals surface area contributed by atoms with Crippen LogP contribution in [0.4, 0.5) is 0 Å². The van der Waals surface area contributed by atoms with Crippen LogP contribution in [0, 0.1) is 5.41 Å². The average molecular weight is 321 g/mol. The molecule has 0 amide bonds. The van der Waals surface area contributed by atoms with Crippen molar-refractivity contribution in [1.82, 2.24) is 0 Å². The number of rotatable bonds is 4. The van der Waals surface area contributed by atoms with E-state index in [0.717, 1.165) is 16.5 Å². The molecular formula is C13H19BrClNO. The minimum Gasteiger partial charge on any atom is -0.385 e. The average Bonchev–Trinajstić information content (AvgIpc) is 2.27. The zero-order chi connectivity index (χ0) is 13.3. The van der Waals surface area contributed by atoms with Gasteiger partial charge >= 0.3 is 0 Å². The van der Waals surface area contributed by atoms with E-state index in [1.165, 1.54) is 0 Å². The zero-order valence-corrected chi connectivity index (χ0v) is 12.8. The molecule has 96 valence electrons. The largest absolute Gasteiger partial charge is 0.385 e. The molecule has 3 N–H and O–H groups in total. The Balaban J connectivity index is 3.29. The van der Waals surface area contributed by atoms with E-state index >= 15 is 0 Å². The van der Waals surface area contributed by atoms with Crippen LogP contribution < -0.4 is 5.73 Å². The van der Waals surface area contributed by atoms with Crippen molar-refractivity contribution in [2.24, 2.45) is 11.1 Å². The number of hydrogen-bond acceptors (Lipinski definition) is 2. The first-order valence-corrected chi connectivity index (χ1v) is 6.83. The van der Waals surface area contributed by atoms with E-state index in [9.17, 15) is 5.11 Å². The van der Waals surface area contributed by atoms with Gasteiger partial charge in [0.2, 0.25) is 0 Å². The summed E-state index contributed by atoms with van der Waals surface area (Å²) in [6.07, 6.45) is 0.781. The maximum absolute atomic E-state index is 10.8. The van der Waals surface area contributed by atoms with Crippen LogP contribution in [-0.2, 0) is 5.60 Å². The Bertz CT molecular complexity index is 402. The Morgan fingerprint density at radius 3 is 2.41 bits per heavy atom. The van der Waals surface area contributed by atoms with Crippen LogP contribution in [0.5, 0.6) is 0 Å². The van der Waals surface area contributed by atoms with Gasteiger partial charge in [-0.3, -0.25) is 0 Å². The quantitative estimate of drug-likeness (QED) is 0.889. The maximum atomic E-state index is 10.8. The minimum absolute atomic E-state index is 0.398. The highest BCUT2D eigenvalue weighted by molar-refractivity contribution is 9.10. The second kappa shape index (κ2) is 5.27. The lowest BCUT2D eigenvalue weighted by molar-refractivity contribution is -0.0645. The SMILES string of the molecule is CCC(C)(CN)C(C)(O)c1ccc(Br)cc1Cl. The van der Waals surface area contributed by atoms with Crippen LogP contribution >= 0.6 is 27.5 Å². The van der Waals surface area contributed by atoms with E-state index in [0.29, 0.717) is 11.6 Å². The molecule has 0 bridgehead atoms. The van der Waals surface area contributed by atoms with E-state index in [-0.39, 0.29) is 0 Å². The minimum atomic E-state index is -1.05. The van der Waals surface area contributed by atoms with Gasteiger partial charge in [-0.25, -0.2) is 0 Å². The molecule has 17 heavy (non-hydrogen) atoms. The standard InChI is InChI=1S/C13H19BrClNO/c1-4-12(2,8-16)13(3,17)10-6-5-9(14)7-11(10)15/h5-7,17H,4,8,16H2,1-3H3. The Labute approximate surface area is 116 Å². The molecule has 1 aromatic rings. The third-order valence-electron chi connectivity index (χ3n) is 3.86. The second-order valence-electron chi connectivity index (χ2n) is 4.81. The third kappa shape index (κ3) is 2.68. The van der Waals surface area contributed by atoms with E-state index < -0.39 is 11.0 Å². The van der Waals surface area contributed by atoms with Crippen LogP contribution in [0.15, 0.2) is 22.7 Å². The molecular weight excluding hydrogens is 302 g/mol. The topological polar surface area (TPSA) is 46.2 Å². The smallest absolute Gasteiger partial charge is 0.0948 e. The summed E-state index contributed by atoms with van der Waals surface area (Å²) in [6, 6.07) is 5.51. The maximum Gasteiger partial charge on any atom is 0.0948 e. The lowest BCUT2D eigenvalue weighted by Crippen LogP contribution is -2.46. The highest BCUT2D eigenvalue weighted by Crippen LogP contribution is 2.44. The Hall–Kier alpha value is -0.0900. The normalized spacial score (nSPS) is 18.5. The summed E-state index contributed by atoms with van der Waals surface area (Å²) in [5.74, 6) is 0. The van der Waals surface area contributed by atoms with Gasteiger partial charge in [0.05, 0.1) is 5.60 Å². The fourth-order valence-electron chi connectivity index (χ4n) is 1.90. The Morgan fingerprint density at radius 2 is 2.00 bits per heavy atom. The molecule has 0 aliphatic heterocycles. The molecule has 2 atom stereocenters. The summed E-state index contributed by atoms with van der Waals surface area (Å²) in [5.41, 5.74) is 5.08. The molecule has 0 saturated heterocycles. The molecule has 0 heterocycles. The van der Waals surface area contributed by atoms with Gasteiger partial charge < -0.3 is 10.8 Å². The van der Waals surface area contributed by atoms with Crippen molar-refractivity contribution in [1.29, 1.82) is 0 Å². The van der Waals surface area contributed by atoms with Crippen molar-refractivity contribution in [3.63, 3.8) is 0 Å². The first-order chi connectivity index (χ1) is 7.78. The van der Waals surface area contributed by atoms with Crippen molar-refractivity contribution in [2.45, 2.75) is 32.8 Å². The zero-order valence-electron chi connectivity index (χ0n) is 10.4. The van der Waals surface area contributed by atoms with E-state index in [1.807, 2.05) is 26.0 Å². The Morgan fingerprint density at radius 1 is 1.41 bits per heavy atom. The number of hydrogen-bond donors (Lipinski definition) is 2. The van der Waals surface area contributed by atoms with E-state index in [4.69, 9.17) is 17.3 Å². The highest BCUT2D eigenvalue weighted by atomic mass is 79.9. The van der Waals surface area contributed by atoms with Crippen LogP contribution in [0.3, 0.4) is 0 Å². The predicted octanol–water partition coefficient (Wildman–Crippen LogP) is 3.69. The van der Waals surface area contributed by atoms with Crippen molar-refractivity contribution in [3.05, 3.63) is 33.3 Å².